The fourth-order valence-electron chi connectivity index (χ4n) is 2.22. The Morgan fingerprint density at radius 3 is 2.70 bits per heavy atom. The minimum absolute atomic E-state index is 0.277. The number of aryl methyl sites for hydroxylation is 1. The van der Waals surface area contributed by atoms with Gasteiger partial charge in [0.1, 0.15) is 16.9 Å². The number of aromatic nitrogens is 1. The van der Waals surface area contributed by atoms with Crippen LogP contribution < -0.4 is 0 Å². The number of hydrogen-bond donors (Lipinski definition) is 0. The van der Waals surface area contributed by atoms with Gasteiger partial charge in [0.05, 0.1) is 11.3 Å². The van der Waals surface area contributed by atoms with Crippen LogP contribution in [0.1, 0.15) is 16.1 Å². The average Bonchev–Trinajstić information content (AvgIpc) is 3.03. The summed E-state index contributed by atoms with van der Waals surface area (Å²) in [5.74, 6) is -0.277. The van der Waals surface area contributed by atoms with Gasteiger partial charge in [-0.1, -0.05) is 29.8 Å². The molecule has 2 aromatic carbocycles. The molecule has 0 spiro atoms. The van der Waals surface area contributed by atoms with Gasteiger partial charge in [-0.2, -0.15) is 5.26 Å². The molecular formula is C19H13FN2S. The molecule has 0 radical (unpaired) electrons. The van der Waals surface area contributed by atoms with Crippen LogP contribution in [0.15, 0.2) is 53.9 Å². The quantitative estimate of drug-likeness (QED) is 0.612. The van der Waals surface area contributed by atoms with Crippen LogP contribution >= 0.6 is 11.3 Å². The smallest absolute Gasteiger partial charge is 0.134 e. The summed E-state index contributed by atoms with van der Waals surface area (Å²) in [6.07, 6.45) is 1.83. The lowest BCUT2D eigenvalue weighted by atomic mass is 10.1. The van der Waals surface area contributed by atoms with Gasteiger partial charge in [0.15, 0.2) is 0 Å². The number of halogens is 1. The van der Waals surface area contributed by atoms with E-state index in [1.165, 1.54) is 23.5 Å². The Labute approximate surface area is 138 Å². The summed E-state index contributed by atoms with van der Waals surface area (Å²) in [4.78, 5) is 4.51. The van der Waals surface area contributed by atoms with Crippen molar-refractivity contribution in [2.24, 2.45) is 0 Å². The summed E-state index contributed by atoms with van der Waals surface area (Å²) in [7, 11) is 0. The number of nitriles is 1. The Bertz CT molecular complexity index is 902. The van der Waals surface area contributed by atoms with Gasteiger partial charge in [-0.15, -0.1) is 11.3 Å². The number of nitrogens with zero attached hydrogens (tertiary/aromatic N) is 2. The number of rotatable bonds is 3. The van der Waals surface area contributed by atoms with Crippen molar-refractivity contribution >= 4 is 23.0 Å². The fraction of sp³-hybridized carbons (Fsp3) is 0.0526. The van der Waals surface area contributed by atoms with Crippen molar-refractivity contribution in [2.75, 3.05) is 0 Å². The highest BCUT2D eigenvalue weighted by Gasteiger charge is 2.09. The first-order valence-electron chi connectivity index (χ1n) is 7.06. The molecule has 0 aliphatic rings. The van der Waals surface area contributed by atoms with Crippen molar-refractivity contribution in [2.45, 2.75) is 6.92 Å². The van der Waals surface area contributed by atoms with E-state index in [1.54, 1.807) is 12.1 Å². The molecule has 0 N–H and O–H groups in total. The predicted molar refractivity (Wildman–Crippen MR) is 92.2 cm³/mol. The first-order valence-corrected chi connectivity index (χ1v) is 7.94. The number of thiazole rings is 1. The van der Waals surface area contributed by atoms with Gasteiger partial charge in [0.2, 0.25) is 0 Å². The molecule has 0 aliphatic carbocycles. The summed E-state index contributed by atoms with van der Waals surface area (Å²) in [5.41, 5.74) is 4.22. The second-order valence-corrected chi connectivity index (χ2v) is 5.99. The van der Waals surface area contributed by atoms with E-state index >= 15 is 0 Å². The van der Waals surface area contributed by atoms with Crippen molar-refractivity contribution in [3.63, 3.8) is 0 Å². The number of hydrogen-bond acceptors (Lipinski definition) is 3. The van der Waals surface area contributed by atoms with Crippen LogP contribution in [0, 0.1) is 24.1 Å². The SMILES string of the molecule is Cc1cccc(/C=C(\C#N)c2nc(-c3ccc(F)cc3)cs2)c1. The van der Waals surface area contributed by atoms with E-state index in [4.69, 9.17) is 0 Å². The monoisotopic (exact) mass is 320 g/mol. The van der Waals surface area contributed by atoms with E-state index in [2.05, 4.69) is 11.1 Å². The zero-order valence-corrected chi connectivity index (χ0v) is 13.3. The zero-order chi connectivity index (χ0) is 16.2. The third-order valence-corrected chi connectivity index (χ3v) is 4.22. The highest BCUT2D eigenvalue weighted by molar-refractivity contribution is 7.11. The first kappa shape index (κ1) is 15.1. The summed E-state index contributed by atoms with van der Waals surface area (Å²) in [6.45, 7) is 2.01. The molecule has 0 bridgehead atoms. The molecule has 23 heavy (non-hydrogen) atoms. The molecule has 0 atom stereocenters. The van der Waals surface area contributed by atoms with E-state index in [1.807, 2.05) is 42.6 Å². The van der Waals surface area contributed by atoms with E-state index in [0.717, 1.165) is 22.4 Å². The van der Waals surface area contributed by atoms with E-state index in [-0.39, 0.29) is 5.82 Å². The first-order chi connectivity index (χ1) is 11.2. The molecule has 3 aromatic rings. The number of benzene rings is 2. The van der Waals surface area contributed by atoms with Crippen LogP contribution in [-0.4, -0.2) is 4.98 Å². The summed E-state index contributed by atoms with van der Waals surface area (Å²) in [6, 6.07) is 16.3. The largest absolute Gasteiger partial charge is 0.235 e. The highest BCUT2D eigenvalue weighted by Crippen LogP contribution is 2.27. The Kier molecular flexibility index (Phi) is 4.31. The molecule has 0 fully saturated rings. The summed E-state index contributed by atoms with van der Waals surface area (Å²) < 4.78 is 13.0. The van der Waals surface area contributed by atoms with Crippen LogP contribution in [0.4, 0.5) is 4.39 Å². The maximum absolute atomic E-state index is 13.0. The van der Waals surface area contributed by atoms with Gasteiger partial charge in [0, 0.05) is 10.9 Å². The van der Waals surface area contributed by atoms with Crippen molar-refractivity contribution in [3.8, 4) is 17.3 Å². The average molecular weight is 320 g/mol. The second-order valence-electron chi connectivity index (χ2n) is 5.13. The fourth-order valence-corrected chi connectivity index (χ4v) is 3.01. The third kappa shape index (κ3) is 3.53. The van der Waals surface area contributed by atoms with Crippen LogP contribution in [0.2, 0.25) is 0 Å². The van der Waals surface area contributed by atoms with Gasteiger partial charge in [-0.25, -0.2) is 9.37 Å². The molecule has 0 aliphatic heterocycles. The normalized spacial score (nSPS) is 11.3. The minimum Gasteiger partial charge on any atom is -0.235 e. The van der Waals surface area contributed by atoms with Crippen LogP contribution in [-0.2, 0) is 0 Å². The molecule has 0 unspecified atom stereocenters. The number of allylic oxidation sites excluding steroid dienone is 1. The Morgan fingerprint density at radius 1 is 1.22 bits per heavy atom. The molecule has 1 heterocycles. The van der Waals surface area contributed by atoms with Gasteiger partial charge >= 0.3 is 0 Å². The van der Waals surface area contributed by atoms with E-state index < -0.39 is 0 Å². The summed E-state index contributed by atoms with van der Waals surface area (Å²) >= 11 is 1.41. The van der Waals surface area contributed by atoms with Crippen molar-refractivity contribution in [1.82, 2.24) is 4.98 Å². The van der Waals surface area contributed by atoms with Gasteiger partial charge in [-0.3, -0.25) is 0 Å². The lowest BCUT2D eigenvalue weighted by Crippen LogP contribution is -1.84. The van der Waals surface area contributed by atoms with Crippen LogP contribution in [0.5, 0.6) is 0 Å². The van der Waals surface area contributed by atoms with Crippen LogP contribution in [0.3, 0.4) is 0 Å². The van der Waals surface area contributed by atoms with Crippen LogP contribution in [0.25, 0.3) is 22.9 Å². The lowest BCUT2D eigenvalue weighted by molar-refractivity contribution is 0.628. The molecule has 4 heteroatoms. The molecule has 112 valence electrons. The van der Waals surface area contributed by atoms with E-state index in [9.17, 15) is 9.65 Å². The topological polar surface area (TPSA) is 36.7 Å². The third-order valence-electron chi connectivity index (χ3n) is 3.35. The Morgan fingerprint density at radius 2 is 2.00 bits per heavy atom. The second kappa shape index (κ2) is 6.55. The maximum Gasteiger partial charge on any atom is 0.134 e. The molecule has 0 saturated heterocycles. The Balaban J connectivity index is 1.94. The van der Waals surface area contributed by atoms with E-state index in [0.29, 0.717) is 10.6 Å². The molecule has 0 saturated carbocycles. The molecule has 1 aromatic heterocycles. The molecule has 0 amide bonds. The Hall–Kier alpha value is -2.77. The standard InChI is InChI=1S/C19H13FN2S/c1-13-3-2-4-14(9-13)10-16(11-21)19-22-18(12-23-19)15-5-7-17(20)8-6-15/h2-10,12H,1H3/b16-10+. The molecular weight excluding hydrogens is 307 g/mol. The molecule has 3 rings (SSSR count). The predicted octanol–water partition coefficient (Wildman–Crippen LogP) is 5.32. The maximum atomic E-state index is 13.0. The zero-order valence-electron chi connectivity index (χ0n) is 12.5. The van der Waals surface area contributed by atoms with Crippen molar-refractivity contribution in [3.05, 3.63) is 75.9 Å². The van der Waals surface area contributed by atoms with Gasteiger partial charge < -0.3 is 0 Å². The highest BCUT2D eigenvalue weighted by atomic mass is 32.1. The lowest BCUT2D eigenvalue weighted by Gasteiger charge is -1.98. The van der Waals surface area contributed by atoms with Crippen molar-refractivity contribution < 1.29 is 4.39 Å². The minimum atomic E-state index is -0.277. The summed E-state index contributed by atoms with van der Waals surface area (Å²) in [5, 5.41) is 12.0. The molecule has 2 nitrogen and oxygen atoms in total. The van der Waals surface area contributed by atoms with Crippen molar-refractivity contribution in [1.29, 1.82) is 5.26 Å². The van der Waals surface area contributed by atoms with Gasteiger partial charge in [0.25, 0.3) is 0 Å². The van der Waals surface area contributed by atoms with Gasteiger partial charge in [-0.05, 0) is 42.8 Å².